The van der Waals surface area contributed by atoms with Gasteiger partial charge in [0.15, 0.2) is 11.5 Å². The maximum Gasteiger partial charge on any atom is 0.255 e. The molecule has 0 atom stereocenters. The van der Waals surface area contributed by atoms with Crippen LogP contribution in [0.5, 0.6) is 11.5 Å². The maximum atomic E-state index is 12.9. The molecule has 0 saturated carbocycles. The van der Waals surface area contributed by atoms with Crippen LogP contribution in [0.3, 0.4) is 0 Å². The summed E-state index contributed by atoms with van der Waals surface area (Å²) in [7, 11) is 0. The van der Waals surface area contributed by atoms with Gasteiger partial charge in [-0.25, -0.2) is 0 Å². The Hall–Kier alpha value is -2.71. The summed E-state index contributed by atoms with van der Waals surface area (Å²) in [4.78, 5) is 14.4. The minimum atomic E-state index is -0.275. The fourth-order valence-electron chi connectivity index (χ4n) is 2.63. The van der Waals surface area contributed by atoms with Crippen molar-refractivity contribution in [1.29, 1.82) is 5.26 Å². The predicted octanol–water partition coefficient (Wildman–Crippen LogP) is 3.67. The van der Waals surface area contributed by atoms with Crippen LogP contribution in [-0.2, 0) is 6.54 Å². The van der Waals surface area contributed by atoms with E-state index in [-0.39, 0.29) is 12.5 Å². The topological polar surface area (TPSA) is 62.6 Å². The normalized spacial score (nSPS) is 12.8. The second-order valence-corrected chi connectivity index (χ2v) is 6.05. The molecule has 0 spiro atoms. The van der Waals surface area contributed by atoms with Crippen molar-refractivity contribution in [3.05, 3.63) is 58.6 Å². The summed E-state index contributed by atoms with van der Waals surface area (Å²) >= 11 is 6.27. The molecule has 0 N–H and O–H groups in total. The Bertz CT molecular complexity index is 802. The van der Waals surface area contributed by atoms with Crippen LogP contribution >= 0.6 is 11.6 Å². The molecule has 1 aliphatic heterocycles. The highest BCUT2D eigenvalue weighted by molar-refractivity contribution is 6.32. The molecule has 2 aromatic rings. The zero-order chi connectivity index (χ0) is 17.6. The number of rotatable bonds is 4. The number of hydrogen-bond donors (Lipinski definition) is 0. The first-order valence-corrected chi connectivity index (χ1v) is 8.36. The average Bonchev–Trinajstić information content (AvgIpc) is 2.87. The van der Waals surface area contributed by atoms with E-state index in [1.54, 1.807) is 12.1 Å². The van der Waals surface area contributed by atoms with Gasteiger partial charge >= 0.3 is 0 Å². The van der Waals surface area contributed by atoms with Crippen LogP contribution in [0.25, 0.3) is 0 Å². The fraction of sp³-hybridized carbons (Fsp3) is 0.263. The number of amides is 1. The molecule has 1 aliphatic rings. The van der Waals surface area contributed by atoms with Gasteiger partial charge in [0.05, 0.1) is 24.3 Å². The Morgan fingerprint density at radius 2 is 1.96 bits per heavy atom. The molecule has 0 aromatic heterocycles. The molecule has 128 valence electrons. The van der Waals surface area contributed by atoms with Gasteiger partial charge < -0.3 is 14.4 Å². The smallest absolute Gasteiger partial charge is 0.255 e. The van der Waals surface area contributed by atoms with E-state index in [0.29, 0.717) is 41.8 Å². The van der Waals surface area contributed by atoms with E-state index >= 15 is 0 Å². The van der Waals surface area contributed by atoms with E-state index in [9.17, 15) is 4.79 Å². The molecule has 0 fully saturated rings. The fourth-order valence-corrected chi connectivity index (χ4v) is 2.89. The van der Waals surface area contributed by atoms with Crippen molar-refractivity contribution in [1.82, 2.24) is 4.90 Å². The summed E-state index contributed by atoms with van der Waals surface area (Å²) in [5.74, 6) is 0.651. The Labute approximate surface area is 151 Å². The second-order valence-electron chi connectivity index (χ2n) is 5.64. The number of fused-ring (bicyclic) bond motifs is 1. The minimum absolute atomic E-state index is 0.0141. The third kappa shape index (κ3) is 4.04. The molecule has 0 unspecified atom stereocenters. The van der Waals surface area contributed by atoms with E-state index in [1.165, 1.54) is 4.90 Å². The van der Waals surface area contributed by atoms with E-state index in [4.69, 9.17) is 26.3 Å². The summed E-state index contributed by atoms with van der Waals surface area (Å²) in [6.07, 6.45) is 0.753. The summed E-state index contributed by atoms with van der Waals surface area (Å²) in [6.45, 7) is 1.36. The highest BCUT2D eigenvalue weighted by atomic mass is 35.5. The van der Waals surface area contributed by atoms with Crippen molar-refractivity contribution < 1.29 is 14.3 Å². The molecule has 0 radical (unpaired) electrons. The first kappa shape index (κ1) is 17.1. The van der Waals surface area contributed by atoms with Crippen molar-refractivity contribution >= 4 is 17.5 Å². The standard InChI is InChI=1S/C19H17ClN2O3/c20-16-11-15(12-17-18(16)25-10-4-9-24-17)19(23)22(8-7-21)13-14-5-2-1-3-6-14/h1-3,5-6,11-12H,4,8-10,13H2. The first-order valence-electron chi connectivity index (χ1n) is 7.98. The van der Waals surface area contributed by atoms with Crippen LogP contribution in [0.4, 0.5) is 0 Å². The second kappa shape index (κ2) is 7.91. The molecule has 1 heterocycles. The maximum absolute atomic E-state index is 12.9. The van der Waals surface area contributed by atoms with Crippen LogP contribution in [-0.4, -0.2) is 30.6 Å². The quantitative estimate of drug-likeness (QED) is 0.784. The van der Waals surface area contributed by atoms with E-state index in [2.05, 4.69) is 0 Å². The molecule has 0 saturated heterocycles. The zero-order valence-corrected chi connectivity index (χ0v) is 14.3. The number of benzene rings is 2. The molecule has 0 bridgehead atoms. The highest BCUT2D eigenvalue weighted by Crippen LogP contribution is 2.38. The molecule has 1 amide bonds. The lowest BCUT2D eigenvalue weighted by Gasteiger charge is -2.21. The third-order valence-corrected chi connectivity index (χ3v) is 4.09. The molecule has 0 aliphatic carbocycles. The van der Waals surface area contributed by atoms with Gasteiger partial charge in [-0.05, 0) is 17.7 Å². The molecule has 6 heteroatoms. The largest absolute Gasteiger partial charge is 0.489 e. The van der Waals surface area contributed by atoms with Gasteiger partial charge in [0, 0.05) is 18.5 Å². The van der Waals surface area contributed by atoms with Gasteiger partial charge in [-0.3, -0.25) is 4.79 Å². The number of carbonyl (C=O) groups is 1. The Morgan fingerprint density at radius 3 is 2.72 bits per heavy atom. The van der Waals surface area contributed by atoms with Gasteiger partial charge in [0.25, 0.3) is 5.91 Å². The third-order valence-electron chi connectivity index (χ3n) is 3.81. The number of nitriles is 1. The predicted molar refractivity (Wildman–Crippen MR) is 93.9 cm³/mol. The van der Waals surface area contributed by atoms with Crippen molar-refractivity contribution in [2.24, 2.45) is 0 Å². The van der Waals surface area contributed by atoms with Crippen LogP contribution in [0.15, 0.2) is 42.5 Å². The molecule has 3 rings (SSSR count). The number of carbonyl (C=O) groups excluding carboxylic acids is 1. The SMILES string of the molecule is N#CCN(Cc1ccccc1)C(=O)c1cc(Cl)c2c(c1)OCCCO2. The molecule has 25 heavy (non-hydrogen) atoms. The van der Waals surface area contributed by atoms with E-state index in [1.807, 2.05) is 36.4 Å². The molecular weight excluding hydrogens is 340 g/mol. The minimum Gasteiger partial charge on any atom is -0.489 e. The molecule has 5 nitrogen and oxygen atoms in total. The lowest BCUT2D eigenvalue weighted by atomic mass is 10.1. The van der Waals surface area contributed by atoms with Gasteiger partial charge in [0.1, 0.15) is 6.54 Å². The summed E-state index contributed by atoms with van der Waals surface area (Å²) in [6, 6.07) is 14.8. The van der Waals surface area contributed by atoms with Gasteiger partial charge in [0.2, 0.25) is 0 Å². The Kier molecular flexibility index (Phi) is 5.42. The van der Waals surface area contributed by atoms with Gasteiger partial charge in [-0.15, -0.1) is 0 Å². The molecule has 2 aromatic carbocycles. The number of hydrogen-bond acceptors (Lipinski definition) is 4. The summed E-state index contributed by atoms with van der Waals surface area (Å²) in [5.41, 5.74) is 1.33. The Balaban J connectivity index is 1.88. The zero-order valence-electron chi connectivity index (χ0n) is 13.6. The molecular formula is C19H17ClN2O3. The number of ether oxygens (including phenoxy) is 2. The first-order chi connectivity index (χ1) is 12.2. The monoisotopic (exact) mass is 356 g/mol. The lowest BCUT2D eigenvalue weighted by Crippen LogP contribution is -2.31. The van der Waals surface area contributed by atoms with Crippen LogP contribution in [0.1, 0.15) is 22.3 Å². The Morgan fingerprint density at radius 1 is 1.20 bits per heavy atom. The van der Waals surface area contributed by atoms with Crippen molar-refractivity contribution in [2.45, 2.75) is 13.0 Å². The number of halogens is 1. The van der Waals surface area contributed by atoms with Gasteiger partial charge in [-0.1, -0.05) is 41.9 Å². The van der Waals surface area contributed by atoms with Crippen LogP contribution < -0.4 is 9.47 Å². The average molecular weight is 357 g/mol. The van der Waals surface area contributed by atoms with E-state index < -0.39 is 0 Å². The van der Waals surface area contributed by atoms with Crippen molar-refractivity contribution in [2.75, 3.05) is 19.8 Å². The van der Waals surface area contributed by atoms with Crippen LogP contribution in [0.2, 0.25) is 5.02 Å². The summed E-state index contributed by atoms with van der Waals surface area (Å²) < 4.78 is 11.2. The summed E-state index contributed by atoms with van der Waals surface area (Å²) in [5, 5.41) is 9.41. The van der Waals surface area contributed by atoms with Crippen molar-refractivity contribution in [3.63, 3.8) is 0 Å². The van der Waals surface area contributed by atoms with E-state index in [0.717, 1.165) is 12.0 Å². The van der Waals surface area contributed by atoms with Gasteiger partial charge in [-0.2, -0.15) is 5.26 Å². The lowest BCUT2D eigenvalue weighted by molar-refractivity contribution is 0.0764. The number of nitrogens with zero attached hydrogens (tertiary/aromatic N) is 2. The highest BCUT2D eigenvalue weighted by Gasteiger charge is 2.22. The van der Waals surface area contributed by atoms with Crippen LogP contribution in [0, 0.1) is 11.3 Å². The van der Waals surface area contributed by atoms with Crippen molar-refractivity contribution in [3.8, 4) is 17.6 Å².